The van der Waals surface area contributed by atoms with E-state index >= 15 is 0 Å². The van der Waals surface area contributed by atoms with E-state index in [1.165, 1.54) is 0 Å². The van der Waals surface area contributed by atoms with Crippen LogP contribution in [0, 0.1) is 0 Å². The van der Waals surface area contributed by atoms with Crippen molar-refractivity contribution in [2.45, 2.75) is 13.8 Å². The molecule has 5 nitrogen and oxygen atoms in total. The van der Waals surface area contributed by atoms with E-state index in [0.29, 0.717) is 0 Å². The van der Waals surface area contributed by atoms with Gasteiger partial charge < -0.3 is 14.6 Å². The van der Waals surface area contributed by atoms with Gasteiger partial charge in [0.15, 0.2) is 11.5 Å². The van der Waals surface area contributed by atoms with Crippen molar-refractivity contribution in [1.82, 2.24) is 14.4 Å². The van der Waals surface area contributed by atoms with Gasteiger partial charge in [-0.25, -0.2) is 9.97 Å². The summed E-state index contributed by atoms with van der Waals surface area (Å²) in [4.78, 5) is 11.0. The van der Waals surface area contributed by atoms with Crippen LogP contribution in [0.25, 0.3) is 5.65 Å². The van der Waals surface area contributed by atoms with Crippen LogP contribution in [0.5, 0.6) is 0 Å². The SMILES string of the molecule is CCNc1cn2ccnc2c(N(C)CC)n1. The second-order valence-corrected chi connectivity index (χ2v) is 3.65. The average Bonchev–Trinajstić information content (AvgIpc) is 2.75. The zero-order valence-corrected chi connectivity index (χ0v) is 9.94. The number of fused-ring (bicyclic) bond motifs is 1. The third-order valence-electron chi connectivity index (χ3n) is 2.55. The molecule has 2 rings (SSSR count). The Labute approximate surface area is 95.1 Å². The third-order valence-corrected chi connectivity index (χ3v) is 2.55. The van der Waals surface area contributed by atoms with Crippen molar-refractivity contribution in [3.8, 4) is 0 Å². The molecule has 0 atom stereocenters. The molecule has 0 saturated carbocycles. The van der Waals surface area contributed by atoms with Gasteiger partial charge in [0, 0.05) is 32.5 Å². The van der Waals surface area contributed by atoms with E-state index in [2.05, 4.69) is 34.0 Å². The topological polar surface area (TPSA) is 45.5 Å². The summed E-state index contributed by atoms with van der Waals surface area (Å²) in [5.41, 5.74) is 0.894. The van der Waals surface area contributed by atoms with E-state index in [0.717, 1.165) is 30.4 Å². The van der Waals surface area contributed by atoms with Crippen molar-refractivity contribution in [1.29, 1.82) is 0 Å². The molecule has 0 radical (unpaired) electrons. The Morgan fingerprint density at radius 1 is 1.44 bits per heavy atom. The van der Waals surface area contributed by atoms with E-state index in [9.17, 15) is 0 Å². The predicted octanol–water partition coefficient (Wildman–Crippen LogP) is 1.62. The first-order valence-corrected chi connectivity index (χ1v) is 5.55. The molecular weight excluding hydrogens is 202 g/mol. The Balaban J connectivity index is 2.54. The summed E-state index contributed by atoms with van der Waals surface area (Å²) >= 11 is 0. The largest absolute Gasteiger partial charge is 0.369 e. The van der Waals surface area contributed by atoms with Gasteiger partial charge in [0.25, 0.3) is 0 Å². The molecule has 0 unspecified atom stereocenters. The molecular formula is C11H17N5. The van der Waals surface area contributed by atoms with Crippen molar-refractivity contribution in [2.75, 3.05) is 30.4 Å². The number of imidazole rings is 1. The first-order chi connectivity index (χ1) is 7.76. The van der Waals surface area contributed by atoms with Crippen molar-refractivity contribution in [2.24, 2.45) is 0 Å². The lowest BCUT2D eigenvalue weighted by molar-refractivity contribution is 0.927. The fourth-order valence-corrected chi connectivity index (χ4v) is 1.59. The van der Waals surface area contributed by atoms with Crippen molar-refractivity contribution < 1.29 is 0 Å². The normalized spacial score (nSPS) is 10.7. The van der Waals surface area contributed by atoms with Crippen LogP contribution in [0.1, 0.15) is 13.8 Å². The maximum absolute atomic E-state index is 4.57. The molecule has 86 valence electrons. The van der Waals surface area contributed by atoms with Crippen molar-refractivity contribution in [3.05, 3.63) is 18.6 Å². The summed E-state index contributed by atoms with van der Waals surface area (Å²) in [6, 6.07) is 0. The molecule has 0 aliphatic rings. The molecule has 0 amide bonds. The molecule has 2 heterocycles. The molecule has 0 aliphatic heterocycles. The molecule has 2 aromatic rings. The van der Waals surface area contributed by atoms with Gasteiger partial charge >= 0.3 is 0 Å². The summed E-state index contributed by atoms with van der Waals surface area (Å²) < 4.78 is 1.99. The Kier molecular flexibility index (Phi) is 2.94. The molecule has 0 saturated heterocycles. The van der Waals surface area contributed by atoms with E-state index in [4.69, 9.17) is 0 Å². The van der Waals surface area contributed by atoms with Gasteiger partial charge in [-0.1, -0.05) is 0 Å². The second-order valence-electron chi connectivity index (χ2n) is 3.65. The number of hydrogen-bond donors (Lipinski definition) is 1. The molecule has 0 fully saturated rings. The molecule has 0 bridgehead atoms. The highest BCUT2D eigenvalue weighted by atomic mass is 15.2. The summed E-state index contributed by atoms with van der Waals surface area (Å²) in [7, 11) is 2.02. The molecule has 16 heavy (non-hydrogen) atoms. The summed E-state index contributed by atoms with van der Waals surface area (Å²) in [6.45, 7) is 5.93. The Morgan fingerprint density at radius 2 is 2.25 bits per heavy atom. The first-order valence-electron chi connectivity index (χ1n) is 5.55. The van der Waals surface area contributed by atoms with Gasteiger partial charge in [-0.05, 0) is 13.8 Å². The number of hydrogen-bond acceptors (Lipinski definition) is 4. The first kappa shape index (κ1) is 10.7. The molecule has 2 aromatic heterocycles. The van der Waals surface area contributed by atoms with Crippen LogP contribution >= 0.6 is 0 Å². The minimum absolute atomic E-state index is 0.864. The maximum Gasteiger partial charge on any atom is 0.180 e. The van der Waals surface area contributed by atoms with Gasteiger partial charge in [-0.15, -0.1) is 0 Å². The summed E-state index contributed by atoms with van der Waals surface area (Å²) in [5.74, 6) is 1.79. The van der Waals surface area contributed by atoms with Crippen LogP contribution < -0.4 is 10.2 Å². The number of anilines is 2. The van der Waals surface area contributed by atoms with Gasteiger partial charge in [0.2, 0.25) is 0 Å². The zero-order valence-electron chi connectivity index (χ0n) is 9.94. The Bertz CT molecular complexity index is 476. The van der Waals surface area contributed by atoms with E-state index in [1.54, 1.807) is 6.20 Å². The molecule has 0 aliphatic carbocycles. The lowest BCUT2D eigenvalue weighted by Crippen LogP contribution is -2.19. The minimum Gasteiger partial charge on any atom is -0.369 e. The predicted molar refractivity (Wildman–Crippen MR) is 66.1 cm³/mol. The van der Waals surface area contributed by atoms with Gasteiger partial charge in [-0.2, -0.15) is 0 Å². The monoisotopic (exact) mass is 219 g/mol. The highest BCUT2D eigenvalue weighted by molar-refractivity contribution is 5.66. The van der Waals surface area contributed by atoms with Crippen molar-refractivity contribution in [3.63, 3.8) is 0 Å². The van der Waals surface area contributed by atoms with Crippen LogP contribution in [-0.4, -0.2) is 34.5 Å². The Morgan fingerprint density at radius 3 is 2.94 bits per heavy atom. The number of rotatable bonds is 4. The van der Waals surface area contributed by atoms with Crippen LogP contribution in [0.3, 0.4) is 0 Å². The lowest BCUT2D eigenvalue weighted by atomic mass is 10.5. The molecule has 5 heteroatoms. The third kappa shape index (κ3) is 1.80. The number of nitrogens with zero attached hydrogens (tertiary/aromatic N) is 4. The zero-order chi connectivity index (χ0) is 11.5. The van der Waals surface area contributed by atoms with Gasteiger partial charge in [0.1, 0.15) is 5.82 Å². The number of aromatic nitrogens is 3. The summed E-state index contributed by atoms with van der Waals surface area (Å²) in [6.07, 6.45) is 5.68. The summed E-state index contributed by atoms with van der Waals surface area (Å²) in [5, 5.41) is 3.22. The van der Waals surface area contributed by atoms with Crippen LogP contribution in [0.2, 0.25) is 0 Å². The number of nitrogens with one attached hydrogen (secondary N) is 1. The van der Waals surface area contributed by atoms with E-state index in [1.807, 2.05) is 23.8 Å². The molecule has 0 spiro atoms. The second kappa shape index (κ2) is 4.38. The fraction of sp³-hybridized carbons (Fsp3) is 0.455. The van der Waals surface area contributed by atoms with Crippen LogP contribution in [0.4, 0.5) is 11.6 Å². The fourth-order valence-electron chi connectivity index (χ4n) is 1.59. The maximum atomic E-state index is 4.57. The molecule has 1 N–H and O–H groups in total. The van der Waals surface area contributed by atoms with Gasteiger partial charge in [-0.3, -0.25) is 0 Å². The highest BCUT2D eigenvalue weighted by Gasteiger charge is 2.09. The smallest absolute Gasteiger partial charge is 0.180 e. The minimum atomic E-state index is 0.864. The van der Waals surface area contributed by atoms with Gasteiger partial charge in [0.05, 0.1) is 6.20 Å². The standard InChI is InChI=1S/C11H17N5/c1-4-12-9-8-16-7-6-13-10(16)11(14-9)15(3)5-2/h6-8,12H,4-5H2,1-3H3. The van der Waals surface area contributed by atoms with E-state index < -0.39 is 0 Å². The Hall–Kier alpha value is -1.78. The quantitative estimate of drug-likeness (QED) is 0.848. The molecule has 0 aromatic carbocycles. The van der Waals surface area contributed by atoms with Crippen LogP contribution in [-0.2, 0) is 0 Å². The van der Waals surface area contributed by atoms with Crippen molar-refractivity contribution >= 4 is 17.3 Å². The lowest BCUT2D eigenvalue weighted by Gasteiger charge is -2.17. The highest BCUT2D eigenvalue weighted by Crippen LogP contribution is 2.19. The average molecular weight is 219 g/mol. The van der Waals surface area contributed by atoms with Crippen LogP contribution in [0.15, 0.2) is 18.6 Å². The van der Waals surface area contributed by atoms with E-state index in [-0.39, 0.29) is 0 Å².